The molecule has 0 aliphatic carbocycles. The van der Waals surface area contributed by atoms with E-state index in [9.17, 15) is 18.0 Å². The fourth-order valence-electron chi connectivity index (χ4n) is 4.46. The Balaban J connectivity index is 1.71. The third-order valence-corrected chi connectivity index (χ3v) is 7.11. The second kappa shape index (κ2) is 11.0. The van der Waals surface area contributed by atoms with Gasteiger partial charge in [0.05, 0.1) is 17.9 Å². The second-order valence-electron chi connectivity index (χ2n) is 10.0. The summed E-state index contributed by atoms with van der Waals surface area (Å²) >= 11 is 0. The molecule has 2 heterocycles. The molecule has 5 nitrogen and oxygen atoms in total. The fourth-order valence-corrected chi connectivity index (χ4v) is 4.46. The molecule has 2 unspecified atom stereocenters. The van der Waals surface area contributed by atoms with Gasteiger partial charge in [0.1, 0.15) is 5.56 Å². The highest BCUT2D eigenvalue weighted by atomic mass is 19.4. The van der Waals surface area contributed by atoms with Crippen molar-refractivity contribution in [3.05, 3.63) is 88.7 Å². The monoisotopic (exact) mass is 522 g/mol. The van der Waals surface area contributed by atoms with Gasteiger partial charge in [0, 0.05) is 5.56 Å². The van der Waals surface area contributed by atoms with Crippen LogP contribution in [0.4, 0.5) is 13.2 Å². The standard InChI is InChI=1S/C30H33F3N4O/c1-6-19(5)21-10-14-22(15-11-21)25(7-2)36-29(38)24-17-34-37-27(30(31,32)33)16-26(35-28(24)37)23-12-8-20(9-13-23)18(3)4/h8-19,25H,6-7H2,1-5H3,(H,36,38). The number of aromatic nitrogens is 3. The maximum Gasteiger partial charge on any atom is 0.433 e. The summed E-state index contributed by atoms with van der Waals surface area (Å²) in [6, 6.07) is 16.0. The van der Waals surface area contributed by atoms with Crippen LogP contribution in [0.1, 0.15) is 98.1 Å². The highest BCUT2D eigenvalue weighted by molar-refractivity contribution is 6.00. The molecule has 4 aromatic rings. The van der Waals surface area contributed by atoms with E-state index in [1.165, 1.54) is 5.56 Å². The molecule has 2 aromatic carbocycles. The predicted molar refractivity (Wildman–Crippen MR) is 143 cm³/mol. The van der Waals surface area contributed by atoms with E-state index in [0.29, 0.717) is 22.4 Å². The summed E-state index contributed by atoms with van der Waals surface area (Å²) in [5.41, 5.74) is 2.74. The molecule has 200 valence electrons. The Kier molecular flexibility index (Phi) is 7.90. The summed E-state index contributed by atoms with van der Waals surface area (Å²) < 4.78 is 42.7. The normalized spacial score (nSPS) is 13.6. The minimum Gasteiger partial charge on any atom is -0.345 e. The van der Waals surface area contributed by atoms with E-state index in [4.69, 9.17) is 0 Å². The van der Waals surface area contributed by atoms with Gasteiger partial charge in [0.2, 0.25) is 0 Å². The number of fused-ring (bicyclic) bond motifs is 1. The molecule has 4 rings (SSSR count). The van der Waals surface area contributed by atoms with Crippen molar-refractivity contribution < 1.29 is 18.0 Å². The second-order valence-corrected chi connectivity index (χ2v) is 10.0. The third kappa shape index (κ3) is 5.59. The minimum absolute atomic E-state index is 0.00849. The molecule has 38 heavy (non-hydrogen) atoms. The maximum absolute atomic E-state index is 14.0. The molecule has 0 fully saturated rings. The van der Waals surface area contributed by atoms with Crippen LogP contribution in [0.25, 0.3) is 16.9 Å². The lowest BCUT2D eigenvalue weighted by Gasteiger charge is -2.18. The molecular weight excluding hydrogens is 489 g/mol. The number of alkyl halides is 3. The van der Waals surface area contributed by atoms with Gasteiger partial charge in [-0.15, -0.1) is 0 Å². The quantitative estimate of drug-likeness (QED) is 0.256. The molecule has 0 saturated carbocycles. The molecule has 0 bridgehead atoms. The molecule has 0 saturated heterocycles. The molecular formula is C30H33F3N4O. The Hall–Kier alpha value is -3.68. The van der Waals surface area contributed by atoms with Gasteiger partial charge in [-0.05, 0) is 47.4 Å². The predicted octanol–water partition coefficient (Wildman–Crippen LogP) is 7.93. The van der Waals surface area contributed by atoms with E-state index >= 15 is 0 Å². The van der Waals surface area contributed by atoms with Crippen LogP contribution in [0, 0.1) is 0 Å². The van der Waals surface area contributed by atoms with Crippen LogP contribution in [0.3, 0.4) is 0 Å². The molecule has 8 heteroatoms. The molecule has 2 atom stereocenters. The zero-order valence-corrected chi connectivity index (χ0v) is 22.3. The number of carbonyl (C=O) groups excluding carboxylic acids is 1. The molecule has 0 spiro atoms. The first-order valence-electron chi connectivity index (χ1n) is 13.0. The molecule has 2 aromatic heterocycles. The number of nitrogens with one attached hydrogen (secondary N) is 1. The van der Waals surface area contributed by atoms with Gasteiger partial charge in [0.15, 0.2) is 11.3 Å². The van der Waals surface area contributed by atoms with Crippen LogP contribution < -0.4 is 5.32 Å². The van der Waals surface area contributed by atoms with Gasteiger partial charge in [-0.25, -0.2) is 9.50 Å². The molecule has 0 aliphatic rings. The number of hydrogen-bond donors (Lipinski definition) is 1. The summed E-state index contributed by atoms with van der Waals surface area (Å²) in [5.74, 6) is 0.195. The topological polar surface area (TPSA) is 59.3 Å². The lowest BCUT2D eigenvalue weighted by Crippen LogP contribution is -2.28. The van der Waals surface area contributed by atoms with Crippen LogP contribution in [0.2, 0.25) is 0 Å². The van der Waals surface area contributed by atoms with Crippen LogP contribution >= 0.6 is 0 Å². The van der Waals surface area contributed by atoms with Crippen molar-refractivity contribution in [2.45, 2.75) is 71.5 Å². The maximum atomic E-state index is 14.0. The van der Waals surface area contributed by atoms with Crippen LogP contribution in [-0.4, -0.2) is 20.5 Å². The summed E-state index contributed by atoms with van der Waals surface area (Å²) in [6.45, 7) is 10.3. The van der Waals surface area contributed by atoms with E-state index in [1.807, 2.05) is 45.0 Å². The number of amides is 1. The molecule has 1 N–H and O–H groups in total. The van der Waals surface area contributed by atoms with E-state index < -0.39 is 17.8 Å². The summed E-state index contributed by atoms with van der Waals surface area (Å²) in [7, 11) is 0. The largest absolute Gasteiger partial charge is 0.433 e. The number of rotatable bonds is 8. The van der Waals surface area contributed by atoms with E-state index in [-0.39, 0.29) is 28.9 Å². The zero-order valence-electron chi connectivity index (χ0n) is 22.3. The van der Waals surface area contributed by atoms with Gasteiger partial charge in [0.25, 0.3) is 5.91 Å². The first kappa shape index (κ1) is 27.4. The number of hydrogen-bond acceptors (Lipinski definition) is 3. The van der Waals surface area contributed by atoms with Crippen molar-refractivity contribution in [2.75, 3.05) is 0 Å². The SMILES string of the molecule is CCC(C)c1ccc(C(CC)NC(=O)c2cnn3c(C(F)(F)F)cc(-c4ccc(C(C)C)cc4)nc23)cc1. The van der Waals surface area contributed by atoms with E-state index in [0.717, 1.165) is 29.8 Å². The Morgan fingerprint density at radius 1 is 0.921 bits per heavy atom. The van der Waals surface area contributed by atoms with E-state index in [2.05, 4.69) is 41.4 Å². The summed E-state index contributed by atoms with van der Waals surface area (Å²) in [6.07, 6.45) is -1.89. The van der Waals surface area contributed by atoms with E-state index in [1.54, 1.807) is 12.1 Å². The number of carbonyl (C=O) groups is 1. The highest BCUT2D eigenvalue weighted by Crippen LogP contribution is 2.33. The molecule has 0 radical (unpaired) electrons. The van der Waals surface area contributed by atoms with Crippen molar-refractivity contribution >= 4 is 11.6 Å². The van der Waals surface area contributed by atoms with Crippen LogP contribution in [0.5, 0.6) is 0 Å². The van der Waals surface area contributed by atoms with Gasteiger partial charge in [-0.3, -0.25) is 4.79 Å². The lowest BCUT2D eigenvalue weighted by molar-refractivity contribution is -0.142. The first-order valence-corrected chi connectivity index (χ1v) is 13.0. The van der Waals surface area contributed by atoms with Crippen molar-refractivity contribution in [1.29, 1.82) is 0 Å². The van der Waals surface area contributed by atoms with Crippen molar-refractivity contribution in [2.24, 2.45) is 0 Å². The third-order valence-electron chi connectivity index (χ3n) is 7.11. The Labute approximate surface area is 221 Å². The fraction of sp³-hybridized carbons (Fsp3) is 0.367. The van der Waals surface area contributed by atoms with Crippen molar-refractivity contribution in [1.82, 2.24) is 19.9 Å². The molecule has 1 amide bonds. The Morgan fingerprint density at radius 2 is 1.53 bits per heavy atom. The van der Waals surface area contributed by atoms with Gasteiger partial charge in [-0.1, -0.05) is 83.1 Å². The number of nitrogens with zero attached hydrogens (tertiary/aromatic N) is 3. The summed E-state index contributed by atoms with van der Waals surface area (Å²) in [5, 5.41) is 6.86. The zero-order chi connectivity index (χ0) is 27.6. The Bertz CT molecular complexity index is 1410. The smallest absolute Gasteiger partial charge is 0.345 e. The van der Waals surface area contributed by atoms with Gasteiger partial charge >= 0.3 is 6.18 Å². The van der Waals surface area contributed by atoms with Crippen LogP contribution in [-0.2, 0) is 6.18 Å². The van der Waals surface area contributed by atoms with Gasteiger partial charge in [-0.2, -0.15) is 18.3 Å². The number of benzene rings is 2. The van der Waals surface area contributed by atoms with Crippen LogP contribution in [0.15, 0.2) is 60.8 Å². The first-order chi connectivity index (χ1) is 18.0. The average Bonchev–Trinajstić information content (AvgIpc) is 3.34. The summed E-state index contributed by atoms with van der Waals surface area (Å²) in [4.78, 5) is 17.8. The Morgan fingerprint density at radius 3 is 2.08 bits per heavy atom. The van der Waals surface area contributed by atoms with Gasteiger partial charge < -0.3 is 5.32 Å². The number of halogens is 3. The minimum atomic E-state index is -4.68. The highest BCUT2D eigenvalue weighted by Gasteiger charge is 2.36. The average molecular weight is 523 g/mol. The lowest BCUT2D eigenvalue weighted by atomic mass is 9.95. The van der Waals surface area contributed by atoms with Crippen molar-refractivity contribution in [3.63, 3.8) is 0 Å². The van der Waals surface area contributed by atoms with Crippen molar-refractivity contribution in [3.8, 4) is 11.3 Å². The molecule has 0 aliphatic heterocycles.